The summed E-state index contributed by atoms with van der Waals surface area (Å²) in [6.07, 6.45) is 1.07. The minimum atomic E-state index is -3.43. The normalized spacial score (nSPS) is 12.2. The highest BCUT2D eigenvalue weighted by molar-refractivity contribution is 7.92. The van der Waals surface area contributed by atoms with E-state index in [1.807, 2.05) is 12.1 Å². The Morgan fingerprint density at radius 2 is 1.82 bits per heavy atom. The number of benzene rings is 2. The lowest BCUT2D eigenvalue weighted by Crippen LogP contribution is -2.14. The van der Waals surface area contributed by atoms with Crippen molar-refractivity contribution in [3.05, 3.63) is 53.3 Å². The average molecular weight is 401 g/mol. The van der Waals surface area contributed by atoms with Gasteiger partial charge in [0.1, 0.15) is 5.82 Å². The van der Waals surface area contributed by atoms with Crippen LogP contribution < -0.4 is 10.0 Å². The Hall–Kier alpha value is -2.87. The topological polar surface area (TPSA) is 104 Å². The zero-order valence-electron chi connectivity index (χ0n) is 16.5. The zero-order valence-corrected chi connectivity index (χ0v) is 17.4. The molecular weight excluding hydrogens is 376 g/mol. The van der Waals surface area contributed by atoms with Gasteiger partial charge in [-0.2, -0.15) is 0 Å². The van der Waals surface area contributed by atoms with E-state index >= 15 is 0 Å². The number of aromatic amines is 1. The Bertz CT molecular complexity index is 1160. The first-order valence-corrected chi connectivity index (χ1v) is 10.7. The van der Waals surface area contributed by atoms with Crippen molar-refractivity contribution in [1.29, 1.82) is 0 Å². The Labute approximate surface area is 164 Å². The summed E-state index contributed by atoms with van der Waals surface area (Å²) in [7, 11) is -3.43. The molecule has 0 saturated heterocycles. The van der Waals surface area contributed by atoms with E-state index in [0.29, 0.717) is 16.9 Å². The van der Waals surface area contributed by atoms with Gasteiger partial charge < -0.3 is 10.3 Å². The van der Waals surface area contributed by atoms with Crippen molar-refractivity contribution in [1.82, 2.24) is 9.97 Å². The first kappa shape index (κ1) is 19.9. The molecule has 0 atom stereocenters. The second-order valence-corrected chi connectivity index (χ2v) is 9.67. The third-order valence-electron chi connectivity index (χ3n) is 4.25. The molecule has 0 aliphatic rings. The van der Waals surface area contributed by atoms with E-state index in [0.717, 1.165) is 28.7 Å². The second kappa shape index (κ2) is 6.94. The SMILES string of the molecule is Cc1ccc(C(=O)Nc2ccc3nc(C(C)(C)C)[nH]c3c2)cc1NS(C)(=O)=O. The Kier molecular flexibility index (Phi) is 4.93. The van der Waals surface area contributed by atoms with Crippen molar-refractivity contribution in [2.75, 3.05) is 16.3 Å². The van der Waals surface area contributed by atoms with Crippen LogP contribution in [0.3, 0.4) is 0 Å². The molecular formula is C20H24N4O3S. The largest absolute Gasteiger partial charge is 0.341 e. The number of rotatable bonds is 4. The van der Waals surface area contributed by atoms with E-state index < -0.39 is 10.0 Å². The first-order chi connectivity index (χ1) is 12.9. The number of sulfonamides is 1. The van der Waals surface area contributed by atoms with Gasteiger partial charge in [0, 0.05) is 16.7 Å². The molecule has 0 aliphatic carbocycles. The van der Waals surface area contributed by atoms with Crippen LogP contribution in [0.5, 0.6) is 0 Å². The van der Waals surface area contributed by atoms with Crippen LogP contribution in [-0.2, 0) is 15.4 Å². The quantitative estimate of drug-likeness (QED) is 0.620. The molecule has 7 nitrogen and oxygen atoms in total. The summed E-state index contributed by atoms with van der Waals surface area (Å²) < 4.78 is 25.4. The average Bonchev–Trinajstić information content (AvgIpc) is 2.99. The molecule has 0 radical (unpaired) electrons. The van der Waals surface area contributed by atoms with E-state index in [1.165, 1.54) is 6.07 Å². The highest BCUT2D eigenvalue weighted by atomic mass is 32.2. The molecule has 0 saturated carbocycles. The molecule has 148 valence electrons. The van der Waals surface area contributed by atoms with Crippen LogP contribution in [0.4, 0.5) is 11.4 Å². The van der Waals surface area contributed by atoms with Crippen molar-refractivity contribution in [3.8, 4) is 0 Å². The van der Waals surface area contributed by atoms with Crippen molar-refractivity contribution < 1.29 is 13.2 Å². The second-order valence-electron chi connectivity index (χ2n) is 7.93. The standard InChI is InChI=1S/C20H24N4O3S/c1-12-6-7-13(10-16(12)24-28(5,26)27)18(25)21-14-8-9-15-17(11-14)23-19(22-15)20(2,3)4/h6-11,24H,1-5H3,(H,21,25)(H,22,23). The lowest BCUT2D eigenvalue weighted by Gasteiger charge is -2.13. The van der Waals surface area contributed by atoms with Gasteiger partial charge in [-0.05, 0) is 42.8 Å². The fraction of sp³-hybridized carbons (Fsp3) is 0.300. The van der Waals surface area contributed by atoms with Crippen LogP contribution in [0.15, 0.2) is 36.4 Å². The lowest BCUT2D eigenvalue weighted by atomic mass is 9.96. The summed E-state index contributed by atoms with van der Waals surface area (Å²) in [5.74, 6) is 0.549. The maximum atomic E-state index is 12.6. The van der Waals surface area contributed by atoms with Crippen LogP contribution in [0.25, 0.3) is 11.0 Å². The smallest absolute Gasteiger partial charge is 0.255 e. The van der Waals surface area contributed by atoms with E-state index in [9.17, 15) is 13.2 Å². The highest BCUT2D eigenvalue weighted by Crippen LogP contribution is 2.25. The summed E-state index contributed by atoms with van der Waals surface area (Å²) >= 11 is 0. The summed E-state index contributed by atoms with van der Waals surface area (Å²) in [6, 6.07) is 10.4. The van der Waals surface area contributed by atoms with Gasteiger partial charge in [-0.15, -0.1) is 0 Å². The third kappa shape index (κ3) is 4.51. The van der Waals surface area contributed by atoms with Crippen LogP contribution in [0.2, 0.25) is 0 Å². The number of aryl methyl sites for hydroxylation is 1. The highest BCUT2D eigenvalue weighted by Gasteiger charge is 2.18. The Morgan fingerprint density at radius 3 is 2.46 bits per heavy atom. The van der Waals surface area contributed by atoms with Gasteiger partial charge in [-0.25, -0.2) is 13.4 Å². The first-order valence-electron chi connectivity index (χ1n) is 8.82. The van der Waals surface area contributed by atoms with Crippen molar-refractivity contribution in [2.45, 2.75) is 33.1 Å². The molecule has 2 aromatic carbocycles. The summed E-state index contributed by atoms with van der Waals surface area (Å²) in [6.45, 7) is 8.00. The van der Waals surface area contributed by atoms with E-state index in [2.05, 4.69) is 40.8 Å². The fourth-order valence-electron chi connectivity index (χ4n) is 2.72. The monoisotopic (exact) mass is 400 g/mol. The predicted molar refractivity (Wildman–Crippen MR) is 112 cm³/mol. The summed E-state index contributed by atoms with van der Waals surface area (Å²) in [5.41, 5.74) is 3.66. The molecule has 3 rings (SSSR count). The van der Waals surface area contributed by atoms with Gasteiger partial charge in [0.15, 0.2) is 0 Å². The van der Waals surface area contributed by atoms with Gasteiger partial charge in [0.2, 0.25) is 10.0 Å². The zero-order chi connectivity index (χ0) is 20.7. The number of carbonyl (C=O) groups excluding carboxylic acids is 1. The van der Waals surface area contributed by atoms with E-state index in [1.54, 1.807) is 25.1 Å². The number of aromatic nitrogens is 2. The Balaban J connectivity index is 1.85. The summed E-state index contributed by atoms with van der Waals surface area (Å²) in [4.78, 5) is 20.5. The van der Waals surface area contributed by atoms with Gasteiger partial charge in [0.05, 0.1) is 23.0 Å². The minimum absolute atomic E-state index is 0.104. The number of carbonyl (C=O) groups is 1. The number of nitrogens with zero attached hydrogens (tertiary/aromatic N) is 1. The lowest BCUT2D eigenvalue weighted by molar-refractivity contribution is 0.102. The van der Waals surface area contributed by atoms with Crippen molar-refractivity contribution in [3.63, 3.8) is 0 Å². The van der Waals surface area contributed by atoms with E-state index in [4.69, 9.17) is 0 Å². The maximum absolute atomic E-state index is 12.6. The predicted octanol–water partition coefficient (Wildman–Crippen LogP) is 3.79. The molecule has 1 amide bonds. The number of fused-ring (bicyclic) bond motifs is 1. The molecule has 0 fully saturated rings. The van der Waals surface area contributed by atoms with Crippen LogP contribution in [0, 0.1) is 6.92 Å². The van der Waals surface area contributed by atoms with Gasteiger partial charge in [0.25, 0.3) is 5.91 Å². The Morgan fingerprint density at radius 1 is 1.11 bits per heavy atom. The molecule has 0 spiro atoms. The molecule has 3 aromatic rings. The molecule has 1 heterocycles. The van der Waals surface area contributed by atoms with Crippen LogP contribution in [0.1, 0.15) is 42.5 Å². The molecule has 0 aliphatic heterocycles. The summed E-state index contributed by atoms with van der Waals surface area (Å²) in [5, 5.41) is 2.84. The number of amides is 1. The van der Waals surface area contributed by atoms with Gasteiger partial charge >= 0.3 is 0 Å². The molecule has 8 heteroatoms. The minimum Gasteiger partial charge on any atom is -0.341 e. The van der Waals surface area contributed by atoms with Gasteiger partial charge in [-0.1, -0.05) is 26.8 Å². The third-order valence-corrected chi connectivity index (χ3v) is 4.84. The van der Waals surface area contributed by atoms with Gasteiger partial charge in [-0.3, -0.25) is 9.52 Å². The number of anilines is 2. The number of H-pyrrole nitrogens is 1. The number of nitrogens with one attached hydrogen (secondary N) is 3. The number of imidazole rings is 1. The van der Waals surface area contributed by atoms with Crippen LogP contribution in [-0.4, -0.2) is 30.5 Å². The molecule has 3 N–H and O–H groups in total. The van der Waals surface area contributed by atoms with Crippen molar-refractivity contribution in [2.24, 2.45) is 0 Å². The van der Waals surface area contributed by atoms with Crippen molar-refractivity contribution >= 4 is 38.3 Å². The molecule has 28 heavy (non-hydrogen) atoms. The van der Waals surface area contributed by atoms with E-state index in [-0.39, 0.29) is 11.3 Å². The van der Waals surface area contributed by atoms with Crippen LogP contribution >= 0.6 is 0 Å². The maximum Gasteiger partial charge on any atom is 0.255 e. The molecule has 0 unspecified atom stereocenters. The fourth-order valence-corrected chi connectivity index (χ4v) is 3.34. The number of hydrogen-bond acceptors (Lipinski definition) is 4. The number of hydrogen-bond donors (Lipinski definition) is 3. The molecule has 0 bridgehead atoms. The molecule has 1 aromatic heterocycles.